The van der Waals surface area contributed by atoms with Crippen LogP contribution in [0.3, 0.4) is 0 Å². The third-order valence-electron chi connectivity index (χ3n) is 4.37. The average Bonchev–Trinajstić information content (AvgIpc) is 2.70. The van der Waals surface area contributed by atoms with Crippen LogP contribution in [0.2, 0.25) is 0 Å². The second kappa shape index (κ2) is 7.50. The lowest BCUT2D eigenvalue weighted by Gasteiger charge is -2.08. The first-order chi connectivity index (χ1) is 13.2. The van der Waals surface area contributed by atoms with Gasteiger partial charge in [0.2, 0.25) is 0 Å². The topological polar surface area (TPSA) is 34.7 Å². The highest BCUT2D eigenvalue weighted by molar-refractivity contribution is 5.80. The second-order valence-corrected chi connectivity index (χ2v) is 6.40. The maximum Gasteiger partial charge on any atom is 0.137 e. The summed E-state index contributed by atoms with van der Waals surface area (Å²) in [4.78, 5) is 4.86. The van der Waals surface area contributed by atoms with E-state index in [4.69, 9.17) is 14.1 Å². The predicted octanol–water partition coefficient (Wildman–Crippen LogP) is 6.04. The first-order valence-electron chi connectivity index (χ1n) is 9.10. The Labute approximate surface area is 158 Å². The van der Waals surface area contributed by atoms with Crippen molar-refractivity contribution >= 4 is 16.7 Å². The third kappa shape index (κ3) is 3.77. The Hall–Kier alpha value is -3.33. The van der Waals surface area contributed by atoms with Crippen molar-refractivity contribution < 1.29 is 9.15 Å². The Morgan fingerprint density at radius 2 is 1.67 bits per heavy atom. The highest BCUT2D eigenvalue weighted by Crippen LogP contribution is 2.25. The normalized spacial score (nSPS) is 11.7. The summed E-state index contributed by atoms with van der Waals surface area (Å²) in [5.41, 5.74) is 3.93. The van der Waals surface area contributed by atoms with E-state index in [0.717, 1.165) is 39.1 Å². The number of fused-ring (bicyclic) bond motifs is 1. The lowest BCUT2D eigenvalue weighted by molar-refractivity contribution is 0.340. The van der Waals surface area contributed by atoms with E-state index in [-0.39, 0.29) is 0 Å². The van der Waals surface area contributed by atoms with Gasteiger partial charge in [0, 0.05) is 17.0 Å². The highest BCUT2D eigenvalue weighted by atomic mass is 16.5. The Morgan fingerprint density at radius 1 is 0.889 bits per heavy atom. The lowest BCUT2D eigenvalue weighted by atomic mass is 10.1. The summed E-state index contributed by atoms with van der Waals surface area (Å²) < 4.78 is 11.8. The molecule has 1 aromatic heterocycles. The molecule has 0 aliphatic heterocycles. The van der Waals surface area contributed by atoms with Crippen molar-refractivity contribution in [2.24, 2.45) is 4.99 Å². The van der Waals surface area contributed by atoms with E-state index in [2.05, 4.69) is 31.2 Å². The molecule has 0 amide bonds. The van der Waals surface area contributed by atoms with Crippen LogP contribution in [-0.4, -0.2) is 6.61 Å². The molecule has 0 saturated carbocycles. The number of ether oxygens (including phenoxy) is 1. The third-order valence-corrected chi connectivity index (χ3v) is 4.37. The van der Waals surface area contributed by atoms with Crippen molar-refractivity contribution in [1.29, 1.82) is 0 Å². The fourth-order valence-corrected chi connectivity index (χ4v) is 3.00. The van der Waals surface area contributed by atoms with Gasteiger partial charge in [-0.15, -0.1) is 0 Å². The second-order valence-electron chi connectivity index (χ2n) is 6.40. The fraction of sp³-hybridized carbons (Fsp3) is 0.125. The van der Waals surface area contributed by atoms with Crippen LogP contribution in [-0.2, 0) is 0 Å². The molecule has 134 valence electrons. The molecular formula is C24H21NO2. The van der Waals surface area contributed by atoms with E-state index in [1.165, 1.54) is 5.56 Å². The van der Waals surface area contributed by atoms with Crippen molar-refractivity contribution in [1.82, 2.24) is 0 Å². The minimum absolute atomic E-state index is 0.620. The van der Waals surface area contributed by atoms with Crippen LogP contribution in [0, 0.1) is 6.92 Å². The molecule has 4 rings (SSSR count). The van der Waals surface area contributed by atoms with Crippen LogP contribution in [0.25, 0.3) is 22.3 Å². The highest BCUT2D eigenvalue weighted by Gasteiger charge is 2.08. The van der Waals surface area contributed by atoms with Crippen molar-refractivity contribution in [3.8, 4) is 17.1 Å². The molecule has 0 atom stereocenters. The number of para-hydroxylation sites is 1. The SMILES string of the molecule is CCOc1ccc2oc(-c3ccc(C)cc3)cc(=Nc3ccccc3)c2c1. The molecule has 3 nitrogen and oxygen atoms in total. The van der Waals surface area contributed by atoms with Crippen LogP contribution in [0.5, 0.6) is 5.75 Å². The van der Waals surface area contributed by atoms with Crippen molar-refractivity contribution in [3.05, 3.63) is 89.8 Å². The molecule has 1 heterocycles. The molecule has 0 N–H and O–H groups in total. The van der Waals surface area contributed by atoms with Gasteiger partial charge in [0.25, 0.3) is 0 Å². The summed E-state index contributed by atoms with van der Waals surface area (Å²) in [5, 5.41) is 1.79. The monoisotopic (exact) mass is 355 g/mol. The molecular weight excluding hydrogens is 334 g/mol. The smallest absolute Gasteiger partial charge is 0.137 e. The van der Waals surface area contributed by atoms with E-state index in [1.54, 1.807) is 0 Å². The molecule has 0 fully saturated rings. The number of nitrogens with zero attached hydrogens (tertiary/aromatic N) is 1. The van der Waals surface area contributed by atoms with Gasteiger partial charge in [0.05, 0.1) is 17.7 Å². The largest absolute Gasteiger partial charge is 0.494 e. The Morgan fingerprint density at radius 3 is 2.41 bits per heavy atom. The van der Waals surface area contributed by atoms with Crippen LogP contribution in [0.1, 0.15) is 12.5 Å². The first kappa shape index (κ1) is 17.1. The molecule has 0 bridgehead atoms. The van der Waals surface area contributed by atoms with E-state index in [9.17, 15) is 0 Å². The minimum atomic E-state index is 0.620. The number of rotatable bonds is 4. The molecule has 0 spiro atoms. The van der Waals surface area contributed by atoms with Crippen LogP contribution >= 0.6 is 0 Å². The van der Waals surface area contributed by atoms with E-state index < -0.39 is 0 Å². The summed E-state index contributed by atoms with van der Waals surface area (Å²) in [5.74, 6) is 1.61. The maximum atomic E-state index is 6.18. The molecule has 3 heteroatoms. The molecule has 3 aromatic carbocycles. The van der Waals surface area contributed by atoms with Crippen molar-refractivity contribution in [2.45, 2.75) is 13.8 Å². The zero-order valence-corrected chi connectivity index (χ0v) is 15.5. The zero-order chi connectivity index (χ0) is 18.6. The van der Waals surface area contributed by atoms with Crippen LogP contribution in [0.15, 0.2) is 88.3 Å². The van der Waals surface area contributed by atoms with Crippen molar-refractivity contribution in [3.63, 3.8) is 0 Å². The minimum Gasteiger partial charge on any atom is -0.494 e. The van der Waals surface area contributed by atoms with E-state index >= 15 is 0 Å². The van der Waals surface area contributed by atoms with Gasteiger partial charge in [-0.3, -0.25) is 0 Å². The Balaban J connectivity index is 1.96. The van der Waals surface area contributed by atoms with E-state index in [1.807, 2.05) is 61.5 Å². The zero-order valence-electron chi connectivity index (χ0n) is 15.5. The number of hydrogen-bond acceptors (Lipinski definition) is 3. The van der Waals surface area contributed by atoms with Gasteiger partial charge < -0.3 is 9.15 Å². The van der Waals surface area contributed by atoms with Gasteiger partial charge in [-0.05, 0) is 44.2 Å². The molecule has 0 radical (unpaired) electrons. The van der Waals surface area contributed by atoms with Crippen LogP contribution in [0.4, 0.5) is 5.69 Å². The number of benzene rings is 3. The van der Waals surface area contributed by atoms with Gasteiger partial charge >= 0.3 is 0 Å². The van der Waals surface area contributed by atoms with Gasteiger partial charge in [0.1, 0.15) is 17.1 Å². The predicted molar refractivity (Wildman–Crippen MR) is 109 cm³/mol. The van der Waals surface area contributed by atoms with Crippen molar-refractivity contribution in [2.75, 3.05) is 6.61 Å². The van der Waals surface area contributed by atoms with Gasteiger partial charge in [-0.2, -0.15) is 0 Å². The molecule has 0 aliphatic rings. The summed E-state index contributed by atoms with van der Waals surface area (Å²) in [6.45, 7) is 4.67. The standard InChI is InChI=1S/C24H21NO2/c1-3-26-20-13-14-23-21(15-20)22(25-19-7-5-4-6-8-19)16-24(27-23)18-11-9-17(2)10-12-18/h4-16H,3H2,1-2H3. The molecule has 4 aromatic rings. The summed E-state index contributed by atoms with van der Waals surface area (Å²) in [7, 11) is 0. The molecule has 0 saturated heterocycles. The molecule has 0 aliphatic carbocycles. The summed E-state index contributed by atoms with van der Waals surface area (Å²) >= 11 is 0. The van der Waals surface area contributed by atoms with Crippen LogP contribution < -0.4 is 10.1 Å². The molecule has 27 heavy (non-hydrogen) atoms. The molecule has 0 unspecified atom stereocenters. The Bertz CT molecular complexity index is 1130. The lowest BCUT2D eigenvalue weighted by Crippen LogP contribution is -2.04. The Kier molecular flexibility index (Phi) is 4.75. The summed E-state index contributed by atoms with van der Waals surface area (Å²) in [6.07, 6.45) is 0. The van der Waals surface area contributed by atoms with E-state index in [0.29, 0.717) is 6.61 Å². The first-order valence-corrected chi connectivity index (χ1v) is 9.10. The number of hydrogen-bond donors (Lipinski definition) is 0. The maximum absolute atomic E-state index is 6.18. The van der Waals surface area contributed by atoms with Gasteiger partial charge in [-0.1, -0.05) is 48.0 Å². The fourth-order valence-electron chi connectivity index (χ4n) is 3.00. The van der Waals surface area contributed by atoms with Gasteiger partial charge in [0.15, 0.2) is 0 Å². The quantitative estimate of drug-likeness (QED) is 0.447. The average molecular weight is 355 g/mol. The van der Waals surface area contributed by atoms with Gasteiger partial charge in [-0.25, -0.2) is 4.99 Å². The number of aryl methyl sites for hydroxylation is 1. The summed E-state index contributed by atoms with van der Waals surface area (Å²) in [6, 6.07) is 26.1.